The Bertz CT molecular complexity index is 785. The van der Waals surface area contributed by atoms with Crippen LogP contribution in [0, 0.1) is 0 Å². The Hall–Kier alpha value is -2.55. The van der Waals surface area contributed by atoms with Crippen LogP contribution in [-0.4, -0.2) is 47.5 Å². The number of hydrogen-bond acceptors (Lipinski definition) is 6. The molecule has 2 aromatic heterocycles. The molecule has 1 aromatic carbocycles. The number of nitrogens with one attached hydrogen (secondary N) is 1. The van der Waals surface area contributed by atoms with Gasteiger partial charge in [-0.05, 0) is 24.6 Å². The van der Waals surface area contributed by atoms with Gasteiger partial charge in [-0.15, -0.1) is 0 Å². The summed E-state index contributed by atoms with van der Waals surface area (Å²) in [6, 6.07) is 5.67. The van der Waals surface area contributed by atoms with E-state index in [2.05, 4.69) is 24.1 Å². The summed E-state index contributed by atoms with van der Waals surface area (Å²) in [5.74, 6) is 0. The molecule has 0 aliphatic rings. The van der Waals surface area contributed by atoms with Crippen LogP contribution in [0.15, 0.2) is 30.9 Å². The fourth-order valence-electron chi connectivity index (χ4n) is 2.25. The number of fused-ring (bicyclic) bond motifs is 1. The lowest BCUT2D eigenvalue weighted by atomic mass is 10.2. The summed E-state index contributed by atoms with van der Waals surface area (Å²) in [6.45, 7) is 3.02. The van der Waals surface area contributed by atoms with Crippen LogP contribution >= 0.6 is 11.7 Å². The van der Waals surface area contributed by atoms with Crippen molar-refractivity contribution >= 4 is 28.8 Å². The normalized spacial score (nSPS) is 12.3. The van der Waals surface area contributed by atoms with Crippen molar-refractivity contribution in [2.24, 2.45) is 0 Å². The van der Waals surface area contributed by atoms with Gasteiger partial charge in [0, 0.05) is 19.6 Å². The molecule has 1 N–H and O–H groups in total. The SMILES string of the molecule is CC(Cn1cncn1)NC(=O)N(C)Cc1ccc2nsnc2c1. The van der Waals surface area contributed by atoms with E-state index in [4.69, 9.17) is 0 Å². The maximum atomic E-state index is 12.2. The zero-order valence-corrected chi connectivity index (χ0v) is 13.7. The van der Waals surface area contributed by atoms with Gasteiger partial charge >= 0.3 is 6.03 Å². The van der Waals surface area contributed by atoms with Crippen molar-refractivity contribution in [3.05, 3.63) is 36.4 Å². The number of rotatable bonds is 5. The fraction of sp³-hybridized carbons (Fsp3) is 0.357. The van der Waals surface area contributed by atoms with Crippen molar-refractivity contribution < 1.29 is 4.79 Å². The number of benzene rings is 1. The molecule has 2 amide bonds. The first-order valence-electron chi connectivity index (χ1n) is 7.17. The van der Waals surface area contributed by atoms with Crippen LogP contribution in [0.3, 0.4) is 0 Å². The highest BCUT2D eigenvalue weighted by Crippen LogP contribution is 2.14. The molecular weight excluding hydrogens is 314 g/mol. The second kappa shape index (κ2) is 6.69. The number of amides is 2. The van der Waals surface area contributed by atoms with Crippen molar-refractivity contribution in [3.8, 4) is 0 Å². The highest BCUT2D eigenvalue weighted by atomic mass is 32.1. The lowest BCUT2D eigenvalue weighted by molar-refractivity contribution is 0.202. The maximum Gasteiger partial charge on any atom is 0.317 e. The van der Waals surface area contributed by atoms with Crippen LogP contribution < -0.4 is 5.32 Å². The first kappa shape index (κ1) is 15.3. The van der Waals surface area contributed by atoms with E-state index in [1.54, 1.807) is 23.0 Å². The summed E-state index contributed by atoms with van der Waals surface area (Å²) in [6.07, 6.45) is 3.10. The summed E-state index contributed by atoms with van der Waals surface area (Å²) < 4.78 is 10.1. The van der Waals surface area contributed by atoms with Crippen LogP contribution in [0.25, 0.3) is 11.0 Å². The molecule has 0 radical (unpaired) electrons. The Morgan fingerprint density at radius 2 is 2.22 bits per heavy atom. The second-order valence-electron chi connectivity index (χ2n) is 5.41. The van der Waals surface area contributed by atoms with Gasteiger partial charge in [-0.2, -0.15) is 13.8 Å². The number of carbonyl (C=O) groups is 1. The highest BCUT2D eigenvalue weighted by molar-refractivity contribution is 7.00. The number of urea groups is 1. The summed E-state index contributed by atoms with van der Waals surface area (Å²) in [4.78, 5) is 17.8. The summed E-state index contributed by atoms with van der Waals surface area (Å²) in [5.41, 5.74) is 2.76. The summed E-state index contributed by atoms with van der Waals surface area (Å²) >= 11 is 1.19. The van der Waals surface area contributed by atoms with Crippen LogP contribution in [-0.2, 0) is 13.1 Å². The molecule has 23 heavy (non-hydrogen) atoms. The van der Waals surface area contributed by atoms with Crippen molar-refractivity contribution in [1.29, 1.82) is 0 Å². The van der Waals surface area contributed by atoms with E-state index < -0.39 is 0 Å². The molecule has 0 aliphatic heterocycles. The zero-order chi connectivity index (χ0) is 16.2. The van der Waals surface area contributed by atoms with Crippen LogP contribution in [0.4, 0.5) is 4.79 Å². The number of aromatic nitrogens is 5. The largest absolute Gasteiger partial charge is 0.334 e. The molecule has 2 heterocycles. The molecule has 0 saturated carbocycles. The molecule has 0 spiro atoms. The first-order valence-corrected chi connectivity index (χ1v) is 7.90. The minimum absolute atomic E-state index is 0.0446. The minimum atomic E-state index is -0.130. The van der Waals surface area contributed by atoms with Crippen LogP contribution in [0.1, 0.15) is 12.5 Å². The van der Waals surface area contributed by atoms with Crippen molar-refractivity contribution in [2.45, 2.75) is 26.1 Å². The molecule has 9 heteroatoms. The predicted octanol–water partition coefficient (Wildman–Crippen LogP) is 1.51. The van der Waals surface area contributed by atoms with Crippen molar-refractivity contribution in [3.63, 3.8) is 0 Å². The smallest absolute Gasteiger partial charge is 0.317 e. The molecule has 0 aliphatic carbocycles. The first-order chi connectivity index (χ1) is 11.1. The Morgan fingerprint density at radius 3 is 3.00 bits per heavy atom. The molecule has 0 fully saturated rings. The van der Waals surface area contributed by atoms with Gasteiger partial charge < -0.3 is 10.2 Å². The van der Waals surface area contributed by atoms with E-state index in [9.17, 15) is 4.79 Å². The van der Waals surface area contributed by atoms with Gasteiger partial charge in [0.15, 0.2) is 0 Å². The molecule has 120 valence electrons. The molecule has 1 atom stereocenters. The lowest BCUT2D eigenvalue weighted by Gasteiger charge is -2.21. The topological polar surface area (TPSA) is 88.8 Å². The second-order valence-corrected chi connectivity index (χ2v) is 5.94. The Balaban J connectivity index is 1.56. The van der Waals surface area contributed by atoms with Gasteiger partial charge in [0.1, 0.15) is 23.7 Å². The average molecular weight is 331 g/mol. The third-order valence-corrected chi connectivity index (χ3v) is 3.94. The summed E-state index contributed by atoms with van der Waals surface area (Å²) in [7, 11) is 1.76. The predicted molar refractivity (Wildman–Crippen MR) is 86.9 cm³/mol. The molecular formula is C14H17N7OS. The lowest BCUT2D eigenvalue weighted by Crippen LogP contribution is -2.43. The van der Waals surface area contributed by atoms with Crippen molar-refractivity contribution in [1.82, 2.24) is 33.7 Å². The highest BCUT2D eigenvalue weighted by Gasteiger charge is 2.13. The van der Waals surface area contributed by atoms with Crippen molar-refractivity contribution in [2.75, 3.05) is 7.05 Å². The fourth-order valence-corrected chi connectivity index (χ4v) is 2.76. The minimum Gasteiger partial charge on any atom is -0.334 e. The molecule has 0 bridgehead atoms. The zero-order valence-electron chi connectivity index (χ0n) is 12.9. The van der Waals surface area contributed by atoms with E-state index in [0.717, 1.165) is 16.6 Å². The molecule has 8 nitrogen and oxygen atoms in total. The quantitative estimate of drug-likeness (QED) is 0.765. The standard InChI is InChI=1S/C14H17N7OS/c1-10(6-21-9-15-8-16-21)17-14(22)20(2)7-11-3-4-12-13(5-11)19-23-18-12/h3-5,8-10H,6-7H2,1-2H3,(H,17,22). The van der Waals surface area contributed by atoms with Gasteiger partial charge in [0.05, 0.1) is 18.3 Å². The maximum absolute atomic E-state index is 12.2. The van der Waals surface area contributed by atoms with Crippen LogP contribution in [0.5, 0.6) is 0 Å². The molecule has 1 unspecified atom stereocenters. The van der Waals surface area contributed by atoms with E-state index in [1.165, 1.54) is 18.1 Å². The molecule has 3 rings (SSSR count). The number of carbonyl (C=O) groups excluding carboxylic acids is 1. The van der Waals surface area contributed by atoms with Crippen LogP contribution in [0.2, 0.25) is 0 Å². The monoisotopic (exact) mass is 331 g/mol. The Kier molecular flexibility index (Phi) is 4.47. The van der Waals surface area contributed by atoms with Gasteiger partial charge in [0.25, 0.3) is 0 Å². The van der Waals surface area contributed by atoms with E-state index in [0.29, 0.717) is 13.1 Å². The van der Waals surface area contributed by atoms with Gasteiger partial charge in [-0.3, -0.25) is 4.68 Å². The van der Waals surface area contributed by atoms with Gasteiger partial charge in [-0.1, -0.05) is 6.07 Å². The Labute approximate surface area is 137 Å². The number of nitrogens with zero attached hydrogens (tertiary/aromatic N) is 6. The average Bonchev–Trinajstić information content (AvgIpc) is 3.17. The third-order valence-electron chi connectivity index (χ3n) is 3.38. The number of hydrogen-bond donors (Lipinski definition) is 1. The Morgan fingerprint density at radius 1 is 1.39 bits per heavy atom. The van der Waals surface area contributed by atoms with E-state index in [-0.39, 0.29) is 12.1 Å². The van der Waals surface area contributed by atoms with Gasteiger partial charge in [0.2, 0.25) is 0 Å². The molecule has 0 saturated heterocycles. The summed E-state index contributed by atoms with van der Waals surface area (Å²) in [5, 5.41) is 6.97. The van der Waals surface area contributed by atoms with E-state index in [1.807, 2.05) is 25.1 Å². The van der Waals surface area contributed by atoms with E-state index >= 15 is 0 Å². The third kappa shape index (κ3) is 3.81. The van der Waals surface area contributed by atoms with Gasteiger partial charge in [-0.25, -0.2) is 9.78 Å². The molecule has 3 aromatic rings.